The molecule has 4 rings (SSSR count). The molecule has 44 heavy (non-hydrogen) atoms. The average Bonchev–Trinajstić information content (AvgIpc) is 3.29. The second-order valence-electron chi connectivity index (χ2n) is 16.0. The summed E-state index contributed by atoms with van der Waals surface area (Å²) >= 11 is 0. The number of nitrogens with one attached hydrogen (secondary N) is 2. The maximum absolute atomic E-state index is 12.8. The summed E-state index contributed by atoms with van der Waals surface area (Å²) in [5.74, 6) is 2.46. The van der Waals surface area contributed by atoms with E-state index in [1.165, 1.54) is 46.0 Å². The minimum atomic E-state index is -4.70. The minimum Gasteiger partial charge on any atom is -0.393 e. The van der Waals surface area contributed by atoms with Crippen LogP contribution in [0.5, 0.6) is 0 Å². The van der Waals surface area contributed by atoms with E-state index in [2.05, 4.69) is 35.6 Å². The van der Waals surface area contributed by atoms with Crippen molar-refractivity contribution in [1.82, 2.24) is 10.6 Å². The van der Waals surface area contributed by atoms with Crippen molar-refractivity contribution in [3.63, 3.8) is 0 Å². The first-order chi connectivity index (χ1) is 20.6. The van der Waals surface area contributed by atoms with E-state index in [0.717, 1.165) is 64.7 Å². The highest BCUT2D eigenvalue weighted by molar-refractivity contribution is 7.81. The third-order valence-corrected chi connectivity index (χ3v) is 13.7. The van der Waals surface area contributed by atoms with Gasteiger partial charge in [0.15, 0.2) is 5.78 Å². The molecule has 10 heteroatoms. The molecule has 0 aromatic heterocycles. The Morgan fingerprint density at radius 3 is 2.39 bits per heavy atom. The molecule has 9 nitrogen and oxygen atoms in total. The number of Topliss-reactive ketones (excluding diaryl/α,β-unsaturated/α-hetero) is 1. The van der Waals surface area contributed by atoms with Crippen molar-refractivity contribution >= 4 is 16.2 Å². The predicted molar refractivity (Wildman–Crippen MR) is 174 cm³/mol. The molecule has 10 atom stereocenters. The van der Waals surface area contributed by atoms with Crippen LogP contribution in [0.15, 0.2) is 0 Å². The summed E-state index contributed by atoms with van der Waals surface area (Å²) in [4.78, 5) is 12.8. The Balaban J connectivity index is 1.31. The van der Waals surface area contributed by atoms with Crippen LogP contribution in [0.4, 0.5) is 0 Å². The average molecular weight is 642 g/mol. The Hall–Kier alpha value is -0.620. The highest BCUT2D eigenvalue weighted by Crippen LogP contribution is 2.68. The molecule has 6 N–H and O–H groups in total. The van der Waals surface area contributed by atoms with Crippen LogP contribution in [0, 0.1) is 46.3 Å². The Bertz CT molecular complexity index is 1070. The maximum atomic E-state index is 12.8. The smallest absolute Gasteiger partial charge is 0.393 e. The normalized spacial score (nSPS) is 38.0. The molecule has 4 aliphatic carbocycles. The number of carbonyl (C=O) groups is 1. The highest BCUT2D eigenvalue weighted by Gasteiger charge is 2.62. The van der Waals surface area contributed by atoms with Gasteiger partial charge in [-0.1, -0.05) is 20.8 Å². The number of aliphatic hydroxyl groups excluding tert-OH is 1. The van der Waals surface area contributed by atoms with Crippen molar-refractivity contribution in [1.29, 1.82) is 0 Å². The molecule has 256 valence electrons. The molecule has 0 aromatic rings. The van der Waals surface area contributed by atoms with Crippen LogP contribution in [0.2, 0.25) is 0 Å². The molecule has 4 fully saturated rings. The van der Waals surface area contributed by atoms with Gasteiger partial charge >= 0.3 is 10.4 Å². The SMILES string of the molecule is CC(CCC(=O)C(C)(C)OS(=O)(=O)O)C1CCC2C3C(O)CC4CC(NCCCNCCCCN)CCC4(C)C3CCC12C. The first kappa shape index (κ1) is 36.2. The van der Waals surface area contributed by atoms with E-state index in [-0.39, 0.29) is 23.7 Å². The van der Waals surface area contributed by atoms with Gasteiger partial charge in [-0.2, -0.15) is 8.42 Å². The molecule has 0 bridgehead atoms. The van der Waals surface area contributed by atoms with Gasteiger partial charge in [-0.15, -0.1) is 0 Å². The number of carbonyl (C=O) groups excluding carboxylic acids is 1. The number of ketones is 1. The van der Waals surface area contributed by atoms with Gasteiger partial charge in [0.25, 0.3) is 0 Å². The van der Waals surface area contributed by atoms with Gasteiger partial charge < -0.3 is 21.5 Å². The monoisotopic (exact) mass is 641 g/mol. The quantitative estimate of drug-likeness (QED) is 0.117. The molecular formula is C34H63N3O6S. The lowest BCUT2D eigenvalue weighted by Gasteiger charge is -2.62. The maximum Gasteiger partial charge on any atom is 0.398 e. The summed E-state index contributed by atoms with van der Waals surface area (Å²) in [6.07, 6.45) is 13.2. The van der Waals surface area contributed by atoms with E-state index in [4.69, 9.17) is 10.3 Å². The molecule has 0 heterocycles. The van der Waals surface area contributed by atoms with Gasteiger partial charge in [-0.3, -0.25) is 9.35 Å². The zero-order valence-electron chi connectivity index (χ0n) is 28.2. The predicted octanol–water partition coefficient (Wildman–Crippen LogP) is 4.88. The summed E-state index contributed by atoms with van der Waals surface area (Å²) < 4.78 is 36.2. The van der Waals surface area contributed by atoms with Crippen LogP contribution in [0.25, 0.3) is 0 Å². The molecule has 10 unspecified atom stereocenters. The van der Waals surface area contributed by atoms with E-state index in [1.54, 1.807) is 0 Å². The van der Waals surface area contributed by atoms with Crippen molar-refractivity contribution in [2.24, 2.45) is 52.1 Å². The minimum absolute atomic E-state index is 0.144. The lowest BCUT2D eigenvalue weighted by molar-refractivity contribution is -0.167. The second kappa shape index (κ2) is 14.7. The van der Waals surface area contributed by atoms with Gasteiger partial charge in [0.1, 0.15) is 5.60 Å². The van der Waals surface area contributed by atoms with Crippen molar-refractivity contribution in [3.05, 3.63) is 0 Å². The van der Waals surface area contributed by atoms with Gasteiger partial charge in [0.05, 0.1) is 6.10 Å². The van der Waals surface area contributed by atoms with Gasteiger partial charge in [0.2, 0.25) is 0 Å². The second-order valence-corrected chi connectivity index (χ2v) is 17.0. The van der Waals surface area contributed by atoms with Crippen molar-refractivity contribution in [2.45, 2.75) is 136 Å². The molecule has 0 saturated heterocycles. The van der Waals surface area contributed by atoms with E-state index in [1.807, 2.05) is 0 Å². The standard InChI is InChI=1S/C34H63N3O6S/c1-23(9-12-30(39)32(2,3)43-44(40,41)42)26-10-11-27-31-28(14-16-34(26,27)5)33(4)15-13-25(21-24(33)22-29(31)38)37-20-8-19-36-18-7-6-17-35/h23-29,31,36-38H,6-22,35H2,1-5H3,(H,40,41,42). The molecule has 0 aliphatic heterocycles. The Morgan fingerprint density at radius 1 is 1.00 bits per heavy atom. The number of fused-ring (bicyclic) bond motifs is 5. The fraction of sp³-hybridized carbons (Fsp3) is 0.971. The van der Waals surface area contributed by atoms with E-state index in [9.17, 15) is 18.3 Å². The van der Waals surface area contributed by atoms with Crippen LogP contribution in [-0.2, 0) is 19.4 Å². The first-order valence-electron chi connectivity index (χ1n) is 17.7. The number of aliphatic hydroxyl groups is 1. The van der Waals surface area contributed by atoms with Crippen LogP contribution in [0.3, 0.4) is 0 Å². The van der Waals surface area contributed by atoms with Gasteiger partial charge in [0, 0.05) is 12.5 Å². The fourth-order valence-electron chi connectivity index (χ4n) is 10.6. The zero-order chi connectivity index (χ0) is 32.3. The van der Waals surface area contributed by atoms with E-state index < -0.39 is 16.0 Å². The molecular weight excluding hydrogens is 578 g/mol. The number of nitrogens with two attached hydrogens (primary N) is 1. The zero-order valence-corrected chi connectivity index (χ0v) is 29.0. The van der Waals surface area contributed by atoms with Crippen LogP contribution >= 0.6 is 0 Å². The third kappa shape index (κ3) is 8.08. The summed E-state index contributed by atoms with van der Waals surface area (Å²) in [6.45, 7) is 13.9. The molecule has 0 spiro atoms. The Labute approximate surface area is 267 Å². The summed E-state index contributed by atoms with van der Waals surface area (Å²) in [5, 5.41) is 19.1. The fourth-order valence-corrected chi connectivity index (χ4v) is 11.2. The summed E-state index contributed by atoms with van der Waals surface area (Å²) in [7, 11) is -4.70. The van der Waals surface area contributed by atoms with E-state index >= 15 is 0 Å². The van der Waals surface area contributed by atoms with E-state index in [0.29, 0.717) is 53.4 Å². The molecule has 0 radical (unpaired) electrons. The topological polar surface area (TPSA) is 151 Å². The van der Waals surface area contributed by atoms with Crippen LogP contribution in [0.1, 0.15) is 118 Å². The van der Waals surface area contributed by atoms with Crippen molar-refractivity contribution in [2.75, 3.05) is 26.2 Å². The molecule has 0 amide bonds. The Morgan fingerprint density at radius 2 is 1.68 bits per heavy atom. The van der Waals surface area contributed by atoms with Crippen LogP contribution < -0.4 is 16.4 Å². The lowest BCUT2D eigenvalue weighted by Crippen LogP contribution is -2.59. The molecule has 0 aromatic carbocycles. The lowest BCUT2D eigenvalue weighted by atomic mass is 9.43. The largest absolute Gasteiger partial charge is 0.398 e. The van der Waals surface area contributed by atoms with Crippen molar-refractivity contribution < 1.29 is 27.1 Å². The number of hydrogen-bond acceptors (Lipinski definition) is 8. The third-order valence-electron chi connectivity index (χ3n) is 13.0. The van der Waals surface area contributed by atoms with Crippen molar-refractivity contribution in [3.8, 4) is 0 Å². The Kier molecular flexibility index (Phi) is 12.1. The van der Waals surface area contributed by atoms with Gasteiger partial charge in [-0.25, -0.2) is 4.18 Å². The summed E-state index contributed by atoms with van der Waals surface area (Å²) in [5.41, 5.74) is 4.43. The van der Waals surface area contributed by atoms with Gasteiger partial charge in [-0.05, 0) is 163 Å². The number of rotatable bonds is 16. The van der Waals surface area contributed by atoms with Crippen LogP contribution in [-0.4, -0.2) is 67.8 Å². The summed E-state index contributed by atoms with van der Waals surface area (Å²) in [6, 6.07) is 0.551. The molecule has 4 saturated carbocycles. The first-order valence-corrected chi connectivity index (χ1v) is 19.0. The number of unbranched alkanes of at least 4 members (excludes halogenated alkanes) is 1. The highest BCUT2D eigenvalue weighted by atomic mass is 32.3. The molecule has 4 aliphatic rings. The number of hydrogen-bond donors (Lipinski definition) is 5.